The fraction of sp³-hybridized carbons (Fsp3) is 0.464. The lowest BCUT2D eigenvalue weighted by Crippen LogP contribution is -2.41. The Kier molecular flexibility index (Phi) is 7.41. The van der Waals surface area contributed by atoms with Gasteiger partial charge in [-0.2, -0.15) is 0 Å². The van der Waals surface area contributed by atoms with Crippen LogP contribution in [0.3, 0.4) is 0 Å². The van der Waals surface area contributed by atoms with Crippen molar-refractivity contribution in [2.75, 3.05) is 38.4 Å². The first-order chi connectivity index (χ1) is 17.0. The van der Waals surface area contributed by atoms with E-state index in [1.165, 1.54) is 0 Å². The number of methoxy groups -OCH3 is 1. The molecule has 6 nitrogen and oxygen atoms in total. The summed E-state index contributed by atoms with van der Waals surface area (Å²) in [7, 11) is -0.828. The molecule has 0 aliphatic carbocycles. The second-order valence-corrected chi connectivity index (χ2v) is 14.1. The second-order valence-electron chi connectivity index (χ2n) is 10.5. The minimum absolute atomic E-state index is 0.0655. The van der Waals surface area contributed by atoms with E-state index < -0.39 is 20.2 Å². The maximum absolute atomic E-state index is 13.3. The molecule has 2 saturated heterocycles. The summed E-state index contributed by atoms with van der Waals surface area (Å²) in [5.74, 6) is -0.0655. The summed E-state index contributed by atoms with van der Waals surface area (Å²) >= 11 is 6.86. The van der Waals surface area contributed by atoms with Gasteiger partial charge < -0.3 is 14.4 Å². The number of carbonyl (C=O) groups excluding carboxylic acids is 3. The molecule has 194 valence electrons. The Hall–Kier alpha value is -2.19. The van der Waals surface area contributed by atoms with Crippen molar-refractivity contribution in [3.63, 3.8) is 0 Å². The van der Waals surface area contributed by atoms with Gasteiger partial charge >= 0.3 is 0 Å². The molecule has 0 spiro atoms. The third kappa shape index (κ3) is 4.30. The maximum atomic E-state index is 13.3. The number of amides is 1. The SMILES string of the molecule is COCCN(C(=O)C(C)(C)C)c1ccc(C2(S3(c4ccc(C)cc4)C(=O)C3=O)CCOCC2)cc1Cl. The molecule has 2 fully saturated rings. The van der Waals surface area contributed by atoms with Crippen molar-refractivity contribution in [3.05, 3.63) is 58.6 Å². The highest BCUT2D eigenvalue weighted by Gasteiger charge is 2.72. The first-order valence-electron chi connectivity index (χ1n) is 12.2. The average molecular weight is 532 g/mol. The summed E-state index contributed by atoms with van der Waals surface area (Å²) < 4.78 is 10.2. The van der Waals surface area contributed by atoms with E-state index >= 15 is 0 Å². The summed E-state index contributed by atoms with van der Waals surface area (Å²) in [4.78, 5) is 42.2. The van der Waals surface area contributed by atoms with Gasteiger partial charge in [0.1, 0.15) is 0 Å². The van der Waals surface area contributed by atoms with Gasteiger partial charge in [-0.1, -0.05) is 66.2 Å². The van der Waals surface area contributed by atoms with Gasteiger partial charge in [-0.3, -0.25) is 14.4 Å². The first kappa shape index (κ1) is 26.9. The molecular formula is C28H34ClNO5S. The van der Waals surface area contributed by atoms with Crippen molar-refractivity contribution in [3.8, 4) is 0 Å². The number of hydrogen-bond acceptors (Lipinski definition) is 5. The normalized spacial score (nSPS) is 19.6. The maximum Gasteiger partial charge on any atom is 0.260 e. The summed E-state index contributed by atoms with van der Waals surface area (Å²) in [5.41, 5.74) is 1.91. The number of anilines is 1. The van der Waals surface area contributed by atoms with Crippen LogP contribution >= 0.6 is 21.6 Å². The zero-order valence-corrected chi connectivity index (χ0v) is 23.1. The largest absolute Gasteiger partial charge is 0.383 e. The number of aryl methyl sites for hydroxylation is 1. The third-order valence-electron chi connectivity index (χ3n) is 7.11. The number of carbonyl (C=O) groups is 3. The molecule has 36 heavy (non-hydrogen) atoms. The molecule has 1 amide bonds. The molecule has 2 aromatic rings. The van der Waals surface area contributed by atoms with E-state index in [0.717, 1.165) is 16.0 Å². The number of benzene rings is 2. The summed E-state index contributed by atoms with van der Waals surface area (Å²) in [6.07, 6.45) is 1.11. The van der Waals surface area contributed by atoms with E-state index in [2.05, 4.69) is 0 Å². The van der Waals surface area contributed by atoms with Gasteiger partial charge in [-0.15, -0.1) is 0 Å². The Balaban J connectivity index is 1.83. The lowest BCUT2D eigenvalue weighted by molar-refractivity contribution is -0.125. The van der Waals surface area contributed by atoms with Crippen LogP contribution in [0.25, 0.3) is 0 Å². The number of nitrogens with zero attached hydrogens (tertiary/aromatic N) is 1. The Labute approximate surface area is 219 Å². The van der Waals surface area contributed by atoms with Crippen molar-refractivity contribution in [1.82, 2.24) is 0 Å². The topological polar surface area (TPSA) is 72.9 Å². The molecule has 0 atom stereocenters. The van der Waals surface area contributed by atoms with Crippen molar-refractivity contribution in [1.29, 1.82) is 0 Å². The van der Waals surface area contributed by atoms with Gasteiger partial charge in [0.15, 0.2) is 0 Å². The molecule has 2 aliphatic rings. The summed E-state index contributed by atoms with van der Waals surface area (Å²) in [5, 5.41) is -0.151. The Morgan fingerprint density at radius 2 is 1.69 bits per heavy atom. The number of hydrogen-bond donors (Lipinski definition) is 0. The molecule has 4 rings (SSSR count). The van der Waals surface area contributed by atoms with Crippen LogP contribution in [0.4, 0.5) is 5.69 Å². The minimum atomic E-state index is -2.42. The van der Waals surface area contributed by atoms with Gasteiger partial charge in [0.25, 0.3) is 10.2 Å². The molecule has 2 aromatic carbocycles. The Morgan fingerprint density at radius 3 is 2.19 bits per heavy atom. The lowest BCUT2D eigenvalue weighted by atomic mass is 9.90. The predicted molar refractivity (Wildman–Crippen MR) is 144 cm³/mol. The molecule has 0 bridgehead atoms. The minimum Gasteiger partial charge on any atom is -0.383 e. The number of halogens is 1. The van der Waals surface area contributed by atoms with Crippen LogP contribution in [-0.4, -0.2) is 49.6 Å². The van der Waals surface area contributed by atoms with Crippen molar-refractivity contribution < 1.29 is 23.9 Å². The van der Waals surface area contributed by atoms with Gasteiger partial charge in [-0.25, -0.2) is 0 Å². The molecular weight excluding hydrogens is 498 g/mol. The lowest BCUT2D eigenvalue weighted by Gasteiger charge is -2.45. The average Bonchev–Trinajstić information content (AvgIpc) is 3.41. The van der Waals surface area contributed by atoms with Gasteiger partial charge in [0.05, 0.1) is 17.3 Å². The van der Waals surface area contributed by atoms with Gasteiger partial charge in [0, 0.05) is 41.9 Å². The molecule has 0 unspecified atom stereocenters. The molecule has 0 N–H and O–H groups in total. The van der Waals surface area contributed by atoms with E-state index in [9.17, 15) is 14.4 Å². The van der Waals surface area contributed by atoms with Gasteiger partial charge in [-0.05, 0) is 49.6 Å². The predicted octanol–water partition coefficient (Wildman–Crippen LogP) is 5.61. The van der Waals surface area contributed by atoms with E-state index in [-0.39, 0.29) is 16.1 Å². The fourth-order valence-electron chi connectivity index (χ4n) is 5.12. The van der Waals surface area contributed by atoms with Crippen molar-refractivity contribution in [2.24, 2.45) is 5.41 Å². The highest BCUT2D eigenvalue weighted by molar-refractivity contribution is 8.70. The zero-order valence-electron chi connectivity index (χ0n) is 21.6. The Bertz CT molecular complexity index is 1170. The van der Waals surface area contributed by atoms with E-state index in [4.69, 9.17) is 21.1 Å². The molecule has 2 aliphatic heterocycles. The zero-order chi connectivity index (χ0) is 26.3. The van der Waals surface area contributed by atoms with Crippen LogP contribution in [-0.2, 0) is 28.6 Å². The van der Waals surface area contributed by atoms with Crippen LogP contribution in [0.15, 0.2) is 47.4 Å². The van der Waals surface area contributed by atoms with E-state index in [0.29, 0.717) is 49.9 Å². The smallest absolute Gasteiger partial charge is 0.260 e. The van der Waals surface area contributed by atoms with Crippen LogP contribution in [0.1, 0.15) is 44.7 Å². The van der Waals surface area contributed by atoms with Crippen LogP contribution < -0.4 is 4.90 Å². The highest BCUT2D eigenvalue weighted by Crippen LogP contribution is 2.83. The first-order valence-corrected chi connectivity index (χ1v) is 14.2. The Morgan fingerprint density at radius 1 is 1.08 bits per heavy atom. The van der Waals surface area contributed by atoms with E-state index in [1.807, 2.05) is 70.2 Å². The number of ether oxygens (including phenoxy) is 2. The molecule has 0 radical (unpaired) electrons. The molecule has 0 aromatic heterocycles. The summed E-state index contributed by atoms with van der Waals surface area (Å²) in [6.45, 7) is 9.24. The molecule has 8 heteroatoms. The molecule has 0 saturated carbocycles. The number of rotatable bonds is 7. The quantitative estimate of drug-likeness (QED) is 0.343. The van der Waals surface area contributed by atoms with Crippen molar-refractivity contribution >= 4 is 43.5 Å². The fourth-order valence-corrected chi connectivity index (χ4v) is 9.41. The van der Waals surface area contributed by atoms with Crippen molar-refractivity contribution in [2.45, 2.75) is 50.2 Å². The second kappa shape index (κ2) is 9.93. The third-order valence-corrected chi connectivity index (χ3v) is 11.5. The molecule has 2 heterocycles. The van der Waals surface area contributed by atoms with E-state index in [1.54, 1.807) is 12.0 Å². The highest BCUT2D eigenvalue weighted by atomic mass is 35.5. The standard InChI is InChI=1S/C28H34ClNO5S/c1-19-6-9-21(10-7-19)36(24(31)25(36)32)28(12-15-35-16-13-28)20-8-11-23(22(29)18-20)30(14-17-34-5)26(33)27(2,3)4/h6-11,18H,12-17H2,1-5H3. The van der Waals surface area contributed by atoms with Crippen LogP contribution in [0, 0.1) is 12.3 Å². The van der Waals surface area contributed by atoms with Crippen LogP contribution in [0.2, 0.25) is 5.02 Å². The van der Waals surface area contributed by atoms with Gasteiger partial charge in [0.2, 0.25) is 5.91 Å². The van der Waals surface area contributed by atoms with Crippen LogP contribution in [0.5, 0.6) is 0 Å². The monoisotopic (exact) mass is 531 g/mol. The summed E-state index contributed by atoms with van der Waals surface area (Å²) in [6, 6.07) is 13.4.